The van der Waals surface area contributed by atoms with Crippen molar-refractivity contribution in [3.63, 3.8) is 0 Å². The summed E-state index contributed by atoms with van der Waals surface area (Å²) in [6, 6.07) is 4.43. The molecule has 1 heteroatoms. The minimum absolute atomic E-state index is 1.30. The molecule has 0 saturated heterocycles. The number of hydrogen-bond acceptors (Lipinski definition) is 1. The molecule has 0 spiro atoms. The standard InChI is InChI=1S/C17H30S/c1-2-3-4-5-6-7-8-9-10-11-12-14-17-15-13-16-18-17/h13,15-16H,2-12,14H2,1H3. The number of aryl methyl sites for hydroxylation is 1. The molecule has 0 radical (unpaired) electrons. The average molecular weight is 266 g/mol. The Balaban J connectivity index is 1.73. The first kappa shape index (κ1) is 15.8. The minimum Gasteiger partial charge on any atom is -0.149 e. The van der Waals surface area contributed by atoms with Gasteiger partial charge in [-0.15, -0.1) is 11.3 Å². The van der Waals surface area contributed by atoms with Gasteiger partial charge >= 0.3 is 0 Å². The molecule has 18 heavy (non-hydrogen) atoms. The first-order chi connectivity index (χ1) is 8.93. The number of unbranched alkanes of at least 4 members (excludes halogenated alkanes) is 10. The Morgan fingerprint density at radius 1 is 0.778 bits per heavy atom. The predicted molar refractivity (Wildman–Crippen MR) is 84.5 cm³/mol. The molecule has 1 rings (SSSR count). The van der Waals surface area contributed by atoms with E-state index in [1.165, 1.54) is 77.0 Å². The molecule has 0 saturated carbocycles. The maximum atomic E-state index is 2.29. The topological polar surface area (TPSA) is 0 Å². The molecule has 0 unspecified atom stereocenters. The van der Waals surface area contributed by atoms with Gasteiger partial charge in [-0.1, -0.05) is 77.2 Å². The molecule has 104 valence electrons. The van der Waals surface area contributed by atoms with Crippen LogP contribution in [0.1, 0.15) is 82.4 Å². The summed E-state index contributed by atoms with van der Waals surface area (Å²) in [5.41, 5.74) is 0. The molecule has 0 fully saturated rings. The van der Waals surface area contributed by atoms with E-state index >= 15 is 0 Å². The van der Waals surface area contributed by atoms with Crippen LogP contribution >= 0.6 is 11.3 Å². The smallest absolute Gasteiger partial charge is 0.00452 e. The van der Waals surface area contributed by atoms with E-state index in [1.807, 2.05) is 11.3 Å². The van der Waals surface area contributed by atoms with Crippen molar-refractivity contribution in [1.82, 2.24) is 0 Å². The van der Waals surface area contributed by atoms with Crippen LogP contribution in [0.2, 0.25) is 0 Å². The van der Waals surface area contributed by atoms with Gasteiger partial charge in [0, 0.05) is 4.88 Å². The second kappa shape index (κ2) is 11.8. The SMILES string of the molecule is CCCCCCCCCCCCCc1cccs1. The molecule has 0 N–H and O–H groups in total. The largest absolute Gasteiger partial charge is 0.149 e. The van der Waals surface area contributed by atoms with E-state index in [-0.39, 0.29) is 0 Å². The van der Waals surface area contributed by atoms with Gasteiger partial charge in [-0.25, -0.2) is 0 Å². The van der Waals surface area contributed by atoms with Crippen molar-refractivity contribution in [2.24, 2.45) is 0 Å². The summed E-state index contributed by atoms with van der Waals surface area (Å²) in [5.74, 6) is 0. The van der Waals surface area contributed by atoms with Crippen molar-refractivity contribution in [2.45, 2.75) is 84.0 Å². The maximum Gasteiger partial charge on any atom is 0.00452 e. The molecule has 1 heterocycles. The van der Waals surface area contributed by atoms with Gasteiger partial charge in [0.1, 0.15) is 0 Å². The maximum absolute atomic E-state index is 2.29. The Labute approximate surface area is 118 Å². The molecule has 0 amide bonds. The molecule has 1 aromatic heterocycles. The monoisotopic (exact) mass is 266 g/mol. The molecule has 1 aromatic rings. The normalized spacial score (nSPS) is 10.9. The minimum atomic E-state index is 1.30. The van der Waals surface area contributed by atoms with E-state index in [2.05, 4.69) is 24.4 Å². The van der Waals surface area contributed by atoms with E-state index in [0.717, 1.165) is 0 Å². The van der Waals surface area contributed by atoms with Crippen LogP contribution in [0.25, 0.3) is 0 Å². The van der Waals surface area contributed by atoms with Crippen LogP contribution in [0.3, 0.4) is 0 Å². The molecular formula is C17H30S. The van der Waals surface area contributed by atoms with E-state index in [0.29, 0.717) is 0 Å². The number of rotatable bonds is 12. The zero-order chi connectivity index (χ0) is 12.9. The third kappa shape index (κ3) is 8.74. The Morgan fingerprint density at radius 2 is 1.33 bits per heavy atom. The van der Waals surface area contributed by atoms with E-state index in [1.54, 1.807) is 4.88 Å². The van der Waals surface area contributed by atoms with E-state index in [9.17, 15) is 0 Å². The zero-order valence-corrected chi connectivity index (χ0v) is 12.9. The lowest BCUT2D eigenvalue weighted by atomic mass is 10.1. The van der Waals surface area contributed by atoms with Crippen molar-refractivity contribution in [3.8, 4) is 0 Å². The fraction of sp³-hybridized carbons (Fsp3) is 0.765. The highest BCUT2D eigenvalue weighted by molar-refractivity contribution is 7.09. The lowest BCUT2D eigenvalue weighted by Gasteiger charge is -2.02. The molecular weight excluding hydrogens is 236 g/mol. The highest BCUT2D eigenvalue weighted by atomic mass is 32.1. The summed E-state index contributed by atoms with van der Waals surface area (Å²) < 4.78 is 0. The van der Waals surface area contributed by atoms with Gasteiger partial charge in [0.05, 0.1) is 0 Å². The molecule has 0 nitrogen and oxygen atoms in total. The fourth-order valence-corrected chi connectivity index (χ4v) is 3.17. The van der Waals surface area contributed by atoms with Crippen molar-refractivity contribution in [3.05, 3.63) is 22.4 Å². The highest BCUT2D eigenvalue weighted by Gasteiger charge is 1.95. The van der Waals surface area contributed by atoms with Gasteiger partial charge in [-0.05, 0) is 24.3 Å². The highest BCUT2D eigenvalue weighted by Crippen LogP contribution is 2.15. The summed E-state index contributed by atoms with van der Waals surface area (Å²) in [7, 11) is 0. The third-order valence-corrected chi connectivity index (χ3v) is 4.54. The van der Waals surface area contributed by atoms with Gasteiger partial charge in [0.2, 0.25) is 0 Å². The zero-order valence-electron chi connectivity index (χ0n) is 12.1. The Hall–Kier alpha value is -0.300. The summed E-state index contributed by atoms with van der Waals surface area (Å²) in [6.07, 6.45) is 17.1. The Bertz CT molecular complexity index is 251. The first-order valence-corrected chi connectivity index (χ1v) is 8.84. The number of hydrogen-bond donors (Lipinski definition) is 0. The molecule has 0 aliphatic heterocycles. The van der Waals surface area contributed by atoms with Gasteiger partial charge in [0.15, 0.2) is 0 Å². The second-order valence-corrected chi connectivity index (χ2v) is 6.40. The van der Waals surface area contributed by atoms with E-state index < -0.39 is 0 Å². The lowest BCUT2D eigenvalue weighted by Crippen LogP contribution is -1.84. The van der Waals surface area contributed by atoms with Crippen LogP contribution in [0.15, 0.2) is 17.5 Å². The van der Waals surface area contributed by atoms with Gasteiger partial charge in [0.25, 0.3) is 0 Å². The average Bonchev–Trinajstić information content (AvgIpc) is 2.89. The van der Waals surface area contributed by atoms with Crippen LogP contribution in [-0.2, 0) is 6.42 Å². The van der Waals surface area contributed by atoms with Crippen molar-refractivity contribution < 1.29 is 0 Å². The summed E-state index contributed by atoms with van der Waals surface area (Å²) in [6.45, 7) is 2.29. The molecule has 0 aromatic carbocycles. The summed E-state index contributed by atoms with van der Waals surface area (Å²) in [5, 5.41) is 2.19. The quantitative estimate of drug-likeness (QED) is 0.374. The van der Waals surface area contributed by atoms with Crippen molar-refractivity contribution in [2.75, 3.05) is 0 Å². The summed E-state index contributed by atoms with van der Waals surface area (Å²) >= 11 is 1.90. The Morgan fingerprint density at radius 3 is 1.83 bits per heavy atom. The fourth-order valence-electron chi connectivity index (χ4n) is 2.42. The second-order valence-electron chi connectivity index (χ2n) is 5.36. The van der Waals surface area contributed by atoms with Crippen LogP contribution in [0, 0.1) is 0 Å². The number of thiophene rings is 1. The molecule has 0 aliphatic carbocycles. The van der Waals surface area contributed by atoms with E-state index in [4.69, 9.17) is 0 Å². The molecule has 0 aliphatic rings. The van der Waals surface area contributed by atoms with Crippen LogP contribution in [0.5, 0.6) is 0 Å². The third-order valence-electron chi connectivity index (χ3n) is 3.61. The first-order valence-electron chi connectivity index (χ1n) is 7.96. The van der Waals surface area contributed by atoms with Crippen LogP contribution in [-0.4, -0.2) is 0 Å². The van der Waals surface area contributed by atoms with Gasteiger partial charge < -0.3 is 0 Å². The molecule has 0 atom stereocenters. The van der Waals surface area contributed by atoms with Crippen LogP contribution in [0.4, 0.5) is 0 Å². The molecule has 0 bridgehead atoms. The van der Waals surface area contributed by atoms with Crippen molar-refractivity contribution >= 4 is 11.3 Å². The van der Waals surface area contributed by atoms with Crippen molar-refractivity contribution in [1.29, 1.82) is 0 Å². The van der Waals surface area contributed by atoms with Crippen LogP contribution < -0.4 is 0 Å². The lowest BCUT2D eigenvalue weighted by molar-refractivity contribution is 0.550. The predicted octanol–water partition coefficient (Wildman–Crippen LogP) is 6.60. The Kier molecular flexibility index (Phi) is 10.3. The summed E-state index contributed by atoms with van der Waals surface area (Å²) in [4.78, 5) is 1.56. The van der Waals surface area contributed by atoms with Gasteiger partial charge in [-0.2, -0.15) is 0 Å². The van der Waals surface area contributed by atoms with Gasteiger partial charge in [-0.3, -0.25) is 0 Å².